The van der Waals surface area contributed by atoms with Crippen LogP contribution in [0.3, 0.4) is 0 Å². The molecule has 2 rings (SSSR count). The molecule has 18 heavy (non-hydrogen) atoms. The Bertz CT molecular complexity index is 402. The van der Waals surface area contributed by atoms with Crippen molar-refractivity contribution in [3.63, 3.8) is 0 Å². The molecule has 0 bridgehead atoms. The molecule has 0 aliphatic rings. The summed E-state index contributed by atoms with van der Waals surface area (Å²) in [6.07, 6.45) is 0. The third-order valence-corrected chi connectivity index (χ3v) is 3.17. The lowest BCUT2D eigenvalue weighted by Crippen LogP contribution is -2.25. The van der Waals surface area contributed by atoms with E-state index in [9.17, 15) is 0 Å². The van der Waals surface area contributed by atoms with Gasteiger partial charge in [-0.3, -0.25) is 4.90 Å². The van der Waals surface area contributed by atoms with Gasteiger partial charge in [-0.1, -0.05) is 67.6 Å². The Morgan fingerprint density at radius 2 is 1.22 bits per heavy atom. The first-order valence-corrected chi connectivity index (χ1v) is 6.13. The molecule has 0 heterocycles. The van der Waals surface area contributed by atoms with Gasteiger partial charge >= 0.3 is 0 Å². The van der Waals surface area contributed by atoms with E-state index in [0.29, 0.717) is 6.04 Å². The van der Waals surface area contributed by atoms with Crippen molar-refractivity contribution in [2.24, 2.45) is 0 Å². The zero-order chi connectivity index (χ0) is 12.1. The number of nitrogens with zero attached hydrogens (tertiary/aromatic N) is 1. The summed E-state index contributed by atoms with van der Waals surface area (Å²) in [6.45, 7) is 3.23. The van der Waals surface area contributed by atoms with Gasteiger partial charge in [-0.05, 0) is 24.7 Å². The van der Waals surface area contributed by atoms with Crippen LogP contribution in [0.2, 0.25) is 0 Å². The quantitative estimate of drug-likeness (QED) is 0.814. The van der Waals surface area contributed by atoms with E-state index in [1.807, 2.05) is 0 Å². The second-order valence-corrected chi connectivity index (χ2v) is 4.30. The second-order valence-electron chi connectivity index (χ2n) is 4.30. The molecule has 2 heteroatoms. The van der Waals surface area contributed by atoms with E-state index in [4.69, 9.17) is 0 Å². The monoisotopic (exact) mass is 305 g/mol. The van der Waals surface area contributed by atoms with Crippen LogP contribution in [0, 0.1) is 0 Å². The summed E-state index contributed by atoms with van der Waals surface area (Å²) in [5.74, 6) is 0. The smallest absolute Gasteiger partial charge is 0.0599 e. The fourth-order valence-corrected chi connectivity index (χ4v) is 2.15. The SMILES string of the molecule is Br.CCN(C)C(c1ccccc1)c1ccccc1. The van der Waals surface area contributed by atoms with Crippen molar-refractivity contribution in [1.29, 1.82) is 0 Å². The molecular weight excluding hydrogens is 286 g/mol. The van der Waals surface area contributed by atoms with Crippen LogP contribution >= 0.6 is 17.0 Å². The molecule has 0 aliphatic heterocycles. The number of hydrogen-bond acceptors (Lipinski definition) is 1. The summed E-state index contributed by atoms with van der Waals surface area (Å²) in [4.78, 5) is 2.37. The van der Waals surface area contributed by atoms with Gasteiger partial charge in [0.1, 0.15) is 0 Å². The molecule has 96 valence electrons. The van der Waals surface area contributed by atoms with E-state index in [2.05, 4.69) is 79.5 Å². The summed E-state index contributed by atoms with van der Waals surface area (Å²) in [5.41, 5.74) is 2.70. The normalized spacial score (nSPS) is 10.4. The molecule has 0 aliphatic carbocycles. The highest BCUT2D eigenvalue weighted by molar-refractivity contribution is 8.93. The minimum absolute atomic E-state index is 0. The lowest BCUT2D eigenvalue weighted by molar-refractivity contribution is 0.294. The predicted molar refractivity (Wildman–Crippen MR) is 83.4 cm³/mol. The molecule has 0 fully saturated rings. The molecule has 0 saturated heterocycles. The molecule has 0 N–H and O–H groups in total. The van der Waals surface area contributed by atoms with E-state index < -0.39 is 0 Å². The zero-order valence-corrected chi connectivity index (χ0v) is 12.6. The number of halogens is 1. The van der Waals surface area contributed by atoms with Crippen molar-refractivity contribution in [2.45, 2.75) is 13.0 Å². The highest BCUT2D eigenvalue weighted by Gasteiger charge is 2.17. The molecule has 0 radical (unpaired) electrons. The third kappa shape index (κ3) is 3.44. The molecule has 1 nitrogen and oxygen atoms in total. The van der Waals surface area contributed by atoms with Gasteiger partial charge in [0, 0.05) is 0 Å². The second kappa shape index (κ2) is 7.34. The van der Waals surface area contributed by atoms with Crippen LogP contribution < -0.4 is 0 Å². The van der Waals surface area contributed by atoms with Gasteiger partial charge in [-0.15, -0.1) is 17.0 Å². The van der Waals surface area contributed by atoms with Crippen LogP contribution in [-0.2, 0) is 0 Å². The average Bonchev–Trinajstić information content (AvgIpc) is 2.41. The Hall–Kier alpha value is -1.12. The minimum atomic E-state index is 0. The first-order valence-electron chi connectivity index (χ1n) is 6.13. The maximum atomic E-state index is 2.37. The fraction of sp³-hybridized carbons (Fsp3) is 0.250. The number of hydrogen-bond donors (Lipinski definition) is 0. The summed E-state index contributed by atoms with van der Waals surface area (Å²) in [7, 11) is 2.17. The standard InChI is InChI=1S/C16H19N.BrH/c1-3-17(2)16(14-10-6-4-7-11-14)15-12-8-5-9-13-15;/h4-13,16H,3H2,1-2H3;1H. The van der Waals surface area contributed by atoms with Crippen LogP contribution in [0.1, 0.15) is 24.1 Å². The topological polar surface area (TPSA) is 3.24 Å². The molecule has 0 unspecified atom stereocenters. The van der Waals surface area contributed by atoms with Crippen molar-refractivity contribution in [2.75, 3.05) is 13.6 Å². The van der Waals surface area contributed by atoms with E-state index in [1.54, 1.807) is 0 Å². The summed E-state index contributed by atoms with van der Waals surface area (Å²) >= 11 is 0. The number of rotatable bonds is 4. The first kappa shape index (κ1) is 14.9. The Kier molecular flexibility index (Phi) is 6.10. The molecule has 0 aromatic heterocycles. The maximum absolute atomic E-state index is 2.37. The molecule has 0 atom stereocenters. The van der Waals surface area contributed by atoms with Gasteiger partial charge in [0.25, 0.3) is 0 Å². The van der Waals surface area contributed by atoms with E-state index >= 15 is 0 Å². The summed E-state index contributed by atoms with van der Waals surface area (Å²) in [5, 5.41) is 0. The maximum Gasteiger partial charge on any atom is 0.0599 e. The van der Waals surface area contributed by atoms with Gasteiger partial charge in [-0.25, -0.2) is 0 Å². The third-order valence-electron chi connectivity index (χ3n) is 3.17. The van der Waals surface area contributed by atoms with Gasteiger partial charge in [0.15, 0.2) is 0 Å². The molecule has 2 aromatic carbocycles. The lowest BCUT2D eigenvalue weighted by Gasteiger charge is -2.27. The van der Waals surface area contributed by atoms with Gasteiger partial charge in [0.2, 0.25) is 0 Å². The molecule has 0 saturated carbocycles. The first-order chi connectivity index (χ1) is 8.33. The van der Waals surface area contributed by atoms with Crippen LogP contribution in [0.15, 0.2) is 60.7 Å². The predicted octanol–water partition coefficient (Wildman–Crippen LogP) is 4.31. The molecular formula is C16H20BrN. The molecule has 2 aromatic rings. The number of benzene rings is 2. The van der Waals surface area contributed by atoms with Crippen molar-refractivity contribution < 1.29 is 0 Å². The molecule has 0 spiro atoms. The Labute approximate surface area is 120 Å². The fourth-order valence-electron chi connectivity index (χ4n) is 2.15. The van der Waals surface area contributed by atoms with Gasteiger partial charge in [0.05, 0.1) is 6.04 Å². The van der Waals surface area contributed by atoms with Crippen molar-refractivity contribution >= 4 is 17.0 Å². The van der Waals surface area contributed by atoms with Crippen LogP contribution in [-0.4, -0.2) is 18.5 Å². The Morgan fingerprint density at radius 1 is 0.833 bits per heavy atom. The van der Waals surface area contributed by atoms with Crippen LogP contribution in [0.25, 0.3) is 0 Å². The average molecular weight is 306 g/mol. The Morgan fingerprint density at radius 3 is 1.56 bits per heavy atom. The summed E-state index contributed by atoms with van der Waals surface area (Å²) < 4.78 is 0. The zero-order valence-electron chi connectivity index (χ0n) is 10.9. The summed E-state index contributed by atoms with van der Waals surface area (Å²) in [6, 6.07) is 21.7. The van der Waals surface area contributed by atoms with Crippen molar-refractivity contribution in [3.05, 3.63) is 71.8 Å². The minimum Gasteiger partial charge on any atom is -0.296 e. The van der Waals surface area contributed by atoms with Crippen LogP contribution in [0.5, 0.6) is 0 Å². The van der Waals surface area contributed by atoms with E-state index in [-0.39, 0.29) is 17.0 Å². The largest absolute Gasteiger partial charge is 0.296 e. The Balaban J connectivity index is 0.00000162. The highest BCUT2D eigenvalue weighted by atomic mass is 79.9. The molecule has 0 amide bonds. The van der Waals surface area contributed by atoms with Crippen molar-refractivity contribution in [1.82, 2.24) is 4.90 Å². The lowest BCUT2D eigenvalue weighted by atomic mass is 9.97. The van der Waals surface area contributed by atoms with Crippen molar-refractivity contribution in [3.8, 4) is 0 Å². The van der Waals surface area contributed by atoms with Gasteiger partial charge in [-0.2, -0.15) is 0 Å². The van der Waals surface area contributed by atoms with Crippen LogP contribution in [0.4, 0.5) is 0 Å². The van der Waals surface area contributed by atoms with E-state index in [1.165, 1.54) is 11.1 Å². The highest BCUT2D eigenvalue weighted by Crippen LogP contribution is 2.26. The van der Waals surface area contributed by atoms with Gasteiger partial charge < -0.3 is 0 Å². The van der Waals surface area contributed by atoms with E-state index in [0.717, 1.165) is 6.54 Å².